The summed E-state index contributed by atoms with van der Waals surface area (Å²) in [6, 6.07) is 10.9. The second-order valence-electron chi connectivity index (χ2n) is 5.83. The van der Waals surface area contributed by atoms with Crippen molar-refractivity contribution < 1.29 is 4.79 Å². The third kappa shape index (κ3) is 4.97. The molecule has 1 aliphatic heterocycles. The minimum Gasteiger partial charge on any atom is -0.339 e. The van der Waals surface area contributed by atoms with Crippen LogP contribution in [0.25, 0.3) is 0 Å². The molecule has 2 aromatic rings. The van der Waals surface area contributed by atoms with E-state index in [9.17, 15) is 4.79 Å². The van der Waals surface area contributed by atoms with Crippen molar-refractivity contribution in [2.45, 2.75) is 21.6 Å². The molecule has 8 heteroatoms. The zero-order valence-electron chi connectivity index (χ0n) is 14.4. The molecule has 0 aliphatic carbocycles. The van der Waals surface area contributed by atoms with Gasteiger partial charge < -0.3 is 4.90 Å². The van der Waals surface area contributed by atoms with Gasteiger partial charge in [0.25, 0.3) is 0 Å². The summed E-state index contributed by atoms with van der Waals surface area (Å²) in [6.07, 6.45) is 1.98. The zero-order valence-corrected chi connectivity index (χ0v) is 16.9. The molecule has 2 heterocycles. The standard InChI is InChI=1S/C17H22N4OS3/c1-13(14-6-4-3-5-7-14)20-8-10-21(11-9-20)15(22)12-24-17-19-18-16(23-2)25-17/h3-7,13H,8-12H2,1-2H3/t13-/m0/s1. The number of nitrogens with zero attached hydrogens (tertiary/aromatic N) is 4. The van der Waals surface area contributed by atoms with E-state index in [4.69, 9.17) is 0 Å². The Morgan fingerprint density at radius 1 is 1.16 bits per heavy atom. The van der Waals surface area contributed by atoms with E-state index >= 15 is 0 Å². The largest absolute Gasteiger partial charge is 0.339 e. The first-order valence-corrected chi connectivity index (χ1v) is 11.3. The minimum atomic E-state index is 0.193. The molecular formula is C17H22N4OS3. The Morgan fingerprint density at radius 2 is 1.84 bits per heavy atom. The third-order valence-electron chi connectivity index (χ3n) is 4.38. The van der Waals surface area contributed by atoms with Gasteiger partial charge in [0, 0.05) is 32.2 Å². The van der Waals surface area contributed by atoms with E-state index in [1.165, 1.54) is 17.3 Å². The fourth-order valence-corrected chi connectivity index (χ4v) is 5.19. The van der Waals surface area contributed by atoms with Gasteiger partial charge in [-0.3, -0.25) is 9.69 Å². The van der Waals surface area contributed by atoms with Crippen LogP contribution in [0.2, 0.25) is 0 Å². The molecule has 1 aromatic heterocycles. The van der Waals surface area contributed by atoms with Crippen molar-refractivity contribution in [2.75, 3.05) is 38.2 Å². The molecule has 3 rings (SSSR count). The highest BCUT2D eigenvalue weighted by Gasteiger charge is 2.24. The summed E-state index contributed by atoms with van der Waals surface area (Å²) in [5.74, 6) is 0.634. The summed E-state index contributed by atoms with van der Waals surface area (Å²) >= 11 is 4.62. The Labute approximate surface area is 161 Å². The monoisotopic (exact) mass is 394 g/mol. The number of amides is 1. The van der Waals surface area contributed by atoms with E-state index in [0.29, 0.717) is 11.8 Å². The van der Waals surface area contributed by atoms with Crippen LogP contribution in [0.4, 0.5) is 0 Å². The topological polar surface area (TPSA) is 49.3 Å². The van der Waals surface area contributed by atoms with E-state index in [1.54, 1.807) is 23.1 Å². The summed E-state index contributed by atoms with van der Waals surface area (Å²) in [5, 5.41) is 8.17. The molecule has 1 amide bonds. The molecule has 0 bridgehead atoms. The van der Waals surface area contributed by atoms with Gasteiger partial charge >= 0.3 is 0 Å². The number of hydrogen-bond acceptors (Lipinski definition) is 7. The van der Waals surface area contributed by atoms with E-state index in [2.05, 4.69) is 46.3 Å². The summed E-state index contributed by atoms with van der Waals surface area (Å²) in [4.78, 5) is 16.8. The smallest absolute Gasteiger partial charge is 0.233 e. The zero-order chi connectivity index (χ0) is 17.6. The van der Waals surface area contributed by atoms with Gasteiger partial charge in [-0.1, -0.05) is 65.2 Å². The highest BCUT2D eigenvalue weighted by Crippen LogP contribution is 2.27. The Hall–Kier alpha value is -1.09. The SMILES string of the molecule is CSc1nnc(SCC(=O)N2CCN([C@@H](C)c3ccccc3)CC2)s1. The second kappa shape index (κ2) is 9.02. The van der Waals surface area contributed by atoms with Crippen LogP contribution >= 0.6 is 34.9 Å². The number of aromatic nitrogens is 2. The van der Waals surface area contributed by atoms with E-state index in [0.717, 1.165) is 34.9 Å². The molecule has 0 spiro atoms. The molecule has 1 aromatic carbocycles. The Balaban J connectivity index is 1.46. The summed E-state index contributed by atoms with van der Waals surface area (Å²) in [5.41, 5.74) is 1.33. The maximum absolute atomic E-state index is 12.4. The molecule has 134 valence electrons. The predicted octanol–water partition coefficient (Wildman–Crippen LogP) is 3.26. The van der Waals surface area contributed by atoms with Crippen LogP contribution in [-0.2, 0) is 4.79 Å². The molecule has 5 nitrogen and oxygen atoms in total. The van der Waals surface area contributed by atoms with Gasteiger partial charge in [-0.25, -0.2) is 0 Å². The van der Waals surface area contributed by atoms with Crippen LogP contribution < -0.4 is 0 Å². The number of benzene rings is 1. The number of hydrogen-bond donors (Lipinski definition) is 0. The summed E-state index contributed by atoms with van der Waals surface area (Å²) in [7, 11) is 0. The number of carbonyl (C=O) groups excluding carboxylic acids is 1. The summed E-state index contributed by atoms with van der Waals surface area (Å²) < 4.78 is 1.81. The van der Waals surface area contributed by atoms with Gasteiger partial charge in [0.2, 0.25) is 5.91 Å². The maximum Gasteiger partial charge on any atom is 0.233 e. The lowest BCUT2D eigenvalue weighted by Gasteiger charge is -2.38. The molecule has 0 unspecified atom stereocenters. The van der Waals surface area contributed by atoms with Crippen molar-refractivity contribution in [1.82, 2.24) is 20.0 Å². The van der Waals surface area contributed by atoms with Crippen LogP contribution in [0.15, 0.2) is 39.0 Å². The van der Waals surface area contributed by atoms with Crippen LogP contribution in [0.5, 0.6) is 0 Å². The Morgan fingerprint density at radius 3 is 2.48 bits per heavy atom. The number of piperazine rings is 1. The molecule has 1 aliphatic rings. The lowest BCUT2D eigenvalue weighted by molar-refractivity contribution is -0.130. The lowest BCUT2D eigenvalue weighted by atomic mass is 10.1. The minimum absolute atomic E-state index is 0.193. The van der Waals surface area contributed by atoms with E-state index in [1.807, 2.05) is 17.2 Å². The highest BCUT2D eigenvalue weighted by molar-refractivity contribution is 8.03. The Bertz CT molecular complexity index is 686. The average Bonchev–Trinajstić information content (AvgIpc) is 3.14. The Kier molecular flexibility index (Phi) is 6.75. The first-order chi connectivity index (χ1) is 12.2. The van der Waals surface area contributed by atoms with Crippen molar-refractivity contribution in [3.63, 3.8) is 0 Å². The van der Waals surface area contributed by atoms with Gasteiger partial charge in [-0.2, -0.15) is 0 Å². The third-order valence-corrected chi connectivity index (χ3v) is 7.40. The van der Waals surface area contributed by atoms with E-state index in [-0.39, 0.29) is 5.91 Å². The number of carbonyl (C=O) groups is 1. The quantitative estimate of drug-likeness (QED) is 0.701. The molecule has 1 fully saturated rings. The van der Waals surface area contributed by atoms with Crippen molar-refractivity contribution in [2.24, 2.45) is 0 Å². The van der Waals surface area contributed by atoms with Crippen LogP contribution in [-0.4, -0.2) is 64.1 Å². The molecule has 0 radical (unpaired) electrons. The summed E-state index contributed by atoms with van der Waals surface area (Å²) in [6.45, 7) is 5.66. The van der Waals surface area contributed by atoms with Gasteiger partial charge in [-0.05, 0) is 18.7 Å². The first-order valence-electron chi connectivity index (χ1n) is 8.24. The second-order valence-corrected chi connectivity index (χ2v) is 9.08. The maximum atomic E-state index is 12.4. The van der Waals surface area contributed by atoms with Gasteiger partial charge in [-0.15, -0.1) is 10.2 Å². The van der Waals surface area contributed by atoms with Crippen molar-refractivity contribution >= 4 is 40.8 Å². The van der Waals surface area contributed by atoms with Gasteiger partial charge in [0.15, 0.2) is 8.68 Å². The van der Waals surface area contributed by atoms with Crippen LogP contribution in [0.3, 0.4) is 0 Å². The number of thioether (sulfide) groups is 2. The van der Waals surface area contributed by atoms with E-state index < -0.39 is 0 Å². The van der Waals surface area contributed by atoms with Crippen LogP contribution in [0.1, 0.15) is 18.5 Å². The average molecular weight is 395 g/mol. The lowest BCUT2D eigenvalue weighted by Crippen LogP contribution is -2.49. The molecule has 1 atom stereocenters. The highest BCUT2D eigenvalue weighted by atomic mass is 32.2. The first kappa shape index (κ1) is 18.7. The van der Waals surface area contributed by atoms with Crippen molar-refractivity contribution in [3.05, 3.63) is 35.9 Å². The van der Waals surface area contributed by atoms with Gasteiger partial charge in [0.05, 0.1) is 5.75 Å². The molecule has 0 saturated carbocycles. The van der Waals surface area contributed by atoms with Crippen molar-refractivity contribution in [3.8, 4) is 0 Å². The fraction of sp³-hybridized carbons (Fsp3) is 0.471. The molecular weight excluding hydrogens is 372 g/mol. The normalized spacial score (nSPS) is 16.8. The molecule has 0 N–H and O–H groups in total. The van der Waals surface area contributed by atoms with Crippen molar-refractivity contribution in [1.29, 1.82) is 0 Å². The number of rotatable bonds is 6. The molecule has 25 heavy (non-hydrogen) atoms. The van der Waals surface area contributed by atoms with Crippen LogP contribution in [0, 0.1) is 0 Å². The predicted molar refractivity (Wildman–Crippen MR) is 105 cm³/mol. The fourth-order valence-electron chi connectivity index (χ4n) is 2.85. The van der Waals surface area contributed by atoms with Gasteiger partial charge in [0.1, 0.15) is 0 Å². The molecule has 1 saturated heterocycles.